The highest BCUT2D eigenvalue weighted by molar-refractivity contribution is 7.99. The van der Waals surface area contributed by atoms with Gasteiger partial charge >= 0.3 is 5.97 Å². The Kier molecular flexibility index (Phi) is 8.37. The molecule has 0 radical (unpaired) electrons. The molecule has 156 valence electrons. The van der Waals surface area contributed by atoms with Crippen LogP contribution in [-0.4, -0.2) is 45.2 Å². The maximum Gasteiger partial charge on any atom is 0.303 e. The van der Waals surface area contributed by atoms with Crippen LogP contribution in [0.4, 0.5) is 5.69 Å². The topological polar surface area (TPSA) is 67.9 Å². The lowest BCUT2D eigenvalue weighted by Gasteiger charge is -2.27. The normalized spacial score (nSPS) is 18.3. The molecule has 1 N–H and O–H groups in total. The summed E-state index contributed by atoms with van der Waals surface area (Å²) in [6, 6.07) is 15.3. The highest BCUT2D eigenvalue weighted by Crippen LogP contribution is 2.46. The number of anilines is 1. The van der Waals surface area contributed by atoms with Crippen LogP contribution in [0.3, 0.4) is 0 Å². The smallest absolute Gasteiger partial charge is 0.303 e. The third-order valence-electron chi connectivity index (χ3n) is 4.52. The van der Waals surface area contributed by atoms with Crippen molar-refractivity contribution in [1.29, 1.82) is 0 Å². The van der Waals surface area contributed by atoms with Crippen molar-refractivity contribution in [2.45, 2.75) is 23.2 Å². The van der Waals surface area contributed by atoms with Crippen LogP contribution in [-0.2, 0) is 14.3 Å². The average Bonchev–Trinajstić information content (AvgIpc) is 2.81. The van der Waals surface area contributed by atoms with Gasteiger partial charge in [0, 0.05) is 24.9 Å². The summed E-state index contributed by atoms with van der Waals surface area (Å²) < 4.78 is 10.8. The van der Waals surface area contributed by atoms with Gasteiger partial charge in [-0.3, -0.25) is 9.59 Å². The summed E-state index contributed by atoms with van der Waals surface area (Å²) in [5.74, 6) is 0.0366. The quantitative estimate of drug-likeness (QED) is 0.699. The second-order valence-electron chi connectivity index (χ2n) is 6.40. The Morgan fingerprint density at radius 2 is 1.86 bits per heavy atom. The van der Waals surface area contributed by atoms with E-state index in [2.05, 4.69) is 5.32 Å². The van der Waals surface area contributed by atoms with Gasteiger partial charge in [-0.2, -0.15) is 0 Å². The van der Waals surface area contributed by atoms with Crippen molar-refractivity contribution >= 4 is 41.7 Å². The van der Waals surface area contributed by atoms with Crippen LogP contribution in [0.1, 0.15) is 17.7 Å². The number of nitrogens with zero attached hydrogens (tertiary/aromatic N) is 1. The number of para-hydroxylation sites is 1. The van der Waals surface area contributed by atoms with E-state index in [0.29, 0.717) is 13.1 Å². The minimum atomic E-state index is -0.917. The summed E-state index contributed by atoms with van der Waals surface area (Å²) in [4.78, 5) is 27.9. The van der Waals surface area contributed by atoms with Gasteiger partial charge in [0.1, 0.15) is 5.75 Å². The fourth-order valence-corrected chi connectivity index (χ4v) is 4.48. The highest BCUT2D eigenvalue weighted by Gasteiger charge is 2.40. The zero-order chi connectivity index (χ0) is 20.1. The van der Waals surface area contributed by atoms with E-state index in [9.17, 15) is 9.59 Å². The van der Waals surface area contributed by atoms with E-state index in [1.54, 1.807) is 12.0 Å². The molecule has 2 atom stereocenters. The Morgan fingerprint density at radius 1 is 1.17 bits per heavy atom. The van der Waals surface area contributed by atoms with Crippen molar-refractivity contribution in [2.75, 3.05) is 32.1 Å². The number of halogens is 1. The van der Waals surface area contributed by atoms with Crippen molar-refractivity contribution in [3.05, 3.63) is 54.1 Å². The highest BCUT2D eigenvalue weighted by atomic mass is 35.5. The van der Waals surface area contributed by atoms with Gasteiger partial charge in [-0.15, -0.1) is 24.2 Å². The third kappa shape index (κ3) is 5.23. The molecule has 1 aliphatic heterocycles. The Labute approximate surface area is 181 Å². The molecule has 0 saturated heterocycles. The third-order valence-corrected chi connectivity index (χ3v) is 5.89. The largest absolute Gasteiger partial charge is 0.497 e. The molecule has 1 aliphatic rings. The lowest BCUT2D eigenvalue weighted by molar-refractivity contribution is -0.152. The molecule has 0 unspecified atom stereocenters. The number of rotatable bonds is 6. The number of carbonyl (C=O) groups is 2. The molecule has 2 aromatic rings. The molecule has 29 heavy (non-hydrogen) atoms. The molecule has 8 heteroatoms. The monoisotopic (exact) mass is 436 g/mol. The first kappa shape index (κ1) is 23.1. The fraction of sp³-hybridized carbons (Fsp3) is 0.333. The van der Waals surface area contributed by atoms with Crippen molar-refractivity contribution in [2.24, 2.45) is 0 Å². The van der Waals surface area contributed by atoms with E-state index in [4.69, 9.17) is 9.47 Å². The van der Waals surface area contributed by atoms with Gasteiger partial charge in [0.25, 0.3) is 5.91 Å². The van der Waals surface area contributed by atoms with Crippen molar-refractivity contribution in [1.82, 2.24) is 5.32 Å². The second kappa shape index (κ2) is 10.5. The van der Waals surface area contributed by atoms with Gasteiger partial charge in [-0.1, -0.05) is 24.3 Å². The number of amides is 1. The molecular formula is C21H25ClN2O4S. The molecule has 0 aliphatic carbocycles. The number of carbonyl (C=O) groups excluding carboxylic acids is 2. The lowest BCUT2D eigenvalue weighted by Crippen LogP contribution is -2.45. The van der Waals surface area contributed by atoms with E-state index >= 15 is 0 Å². The summed E-state index contributed by atoms with van der Waals surface area (Å²) in [7, 11) is 3.45. The number of ether oxygens (including phenoxy) is 2. The summed E-state index contributed by atoms with van der Waals surface area (Å²) >= 11 is 1.53. The van der Waals surface area contributed by atoms with E-state index in [0.717, 1.165) is 21.9 Å². The molecule has 3 rings (SSSR count). The predicted octanol–water partition coefficient (Wildman–Crippen LogP) is 3.45. The van der Waals surface area contributed by atoms with Crippen LogP contribution in [0, 0.1) is 0 Å². The van der Waals surface area contributed by atoms with Crippen molar-refractivity contribution < 1.29 is 19.1 Å². The van der Waals surface area contributed by atoms with E-state index in [1.165, 1.54) is 18.7 Å². The average molecular weight is 437 g/mol. The van der Waals surface area contributed by atoms with Gasteiger partial charge in [-0.05, 0) is 36.9 Å². The molecular weight excluding hydrogens is 412 g/mol. The van der Waals surface area contributed by atoms with Crippen molar-refractivity contribution in [3.63, 3.8) is 0 Å². The minimum absolute atomic E-state index is 0. The fourth-order valence-electron chi connectivity index (χ4n) is 3.16. The number of nitrogens with one attached hydrogen (secondary N) is 1. The minimum Gasteiger partial charge on any atom is -0.497 e. The van der Waals surface area contributed by atoms with E-state index in [-0.39, 0.29) is 23.6 Å². The van der Waals surface area contributed by atoms with Gasteiger partial charge in [-0.25, -0.2) is 0 Å². The number of esters is 1. The number of hydrogen-bond donors (Lipinski definition) is 1. The summed E-state index contributed by atoms with van der Waals surface area (Å²) in [6.45, 7) is 2.45. The molecule has 0 spiro atoms. The van der Waals surface area contributed by atoms with Crippen LogP contribution >= 0.6 is 24.2 Å². The van der Waals surface area contributed by atoms with Gasteiger partial charge in [0.15, 0.2) is 6.10 Å². The zero-order valence-corrected chi connectivity index (χ0v) is 18.2. The van der Waals surface area contributed by atoms with Crippen LogP contribution in [0.2, 0.25) is 0 Å². The summed E-state index contributed by atoms with van der Waals surface area (Å²) in [5, 5.41) is 2.72. The molecule has 0 bridgehead atoms. The Balaban J connectivity index is 0.00000300. The summed E-state index contributed by atoms with van der Waals surface area (Å²) in [5.41, 5.74) is 1.73. The van der Waals surface area contributed by atoms with Gasteiger partial charge in [0.05, 0.1) is 18.0 Å². The van der Waals surface area contributed by atoms with E-state index in [1.807, 2.05) is 55.6 Å². The molecule has 6 nitrogen and oxygen atoms in total. The van der Waals surface area contributed by atoms with Gasteiger partial charge < -0.3 is 19.7 Å². The lowest BCUT2D eigenvalue weighted by atomic mass is 10.1. The molecule has 2 aromatic carbocycles. The molecule has 0 aromatic heterocycles. The van der Waals surface area contributed by atoms with Crippen LogP contribution in [0.25, 0.3) is 0 Å². The Bertz CT molecular complexity index is 847. The van der Waals surface area contributed by atoms with Crippen molar-refractivity contribution in [3.8, 4) is 5.75 Å². The number of likely N-dealkylation sites (N-methyl/N-ethyl adjacent to an activating group) is 1. The Hall–Kier alpha value is -2.22. The number of hydrogen-bond acceptors (Lipinski definition) is 6. The number of methoxy groups -OCH3 is 1. The van der Waals surface area contributed by atoms with Crippen LogP contribution in [0.15, 0.2) is 53.4 Å². The standard InChI is InChI=1S/C21H24N2O4S.ClH/c1-14(24)27-19-20(15-8-10-16(26-3)11-9-15)28-18-7-5-4-6-17(18)23(21(19)25)13-12-22-2;/h4-11,19-20,22H,12-13H2,1-3H3;1H/t19-,20+;/m1./s1. The van der Waals surface area contributed by atoms with Crippen LogP contribution < -0.4 is 15.0 Å². The predicted molar refractivity (Wildman–Crippen MR) is 117 cm³/mol. The first-order chi connectivity index (χ1) is 13.5. The Morgan fingerprint density at radius 3 is 2.48 bits per heavy atom. The second-order valence-corrected chi connectivity index (χ2v) is 7.59. The summed E-state index contributed by atoms with van der Waals surface area (Å²) in [6.07, 6.45) is -0.917. The maximum atomic E-state index is 13.4. The maximum absolute atomic E-state index is 13.4. The van der Waals surface area contributed by atoms with Gasteiger partial charge in [0.2, 0.25) is 0 Å². The number of thioether (sulfide) groups is 1. The molecule has 0 fully saturated rings. The SMILES string of the molecule is CNCCN1C(=O)[C@H](OC(C)=O)[C@H](c2ccc(OC)cc2)Sc2ccccc21.Cl. The molecule has 0 saturated carbocycles. The molecule has 1 amide bonds. The first-order valence-electron chi connectivity index (χ1n) is 9.08. The number of fused-ring (bicyclic) bond motifs is 1. The van der Waals surface area contributed by atoms with Crippen LogP contribution in [0.5, 0.6) is 5.75 Å². The molecule has 1 heterocycles. The number of benzene rings is 2. The van der Waals surface area contributed by atoms with E-state index < -0.39 is 12.1 Å². The first-order valence-corrected chi connectivity index (χ1v) is 9.96. The zero-order valence-electron chi connectivity index (χ0n) is 16.6.